The van der Waals surface area contributed by atoms with Crippen molar-refractivity contribution in [3.8, 4) is 5.75 Å². The summed E-state index contributed by atoms with van der Waals surface area (Å²) >= 11 is 3.40. The summed E-state index contributed by atoms with van der Waals surface area (Å²) < 4.78 is 6.78. The minimum Gasteiger partial charge on any atom is -0.481 e. The van der Waals surface area contributed by atoms with E-state index in [1.165, 1.54) is 11.3 Å². The van der Waals surface area contributed by atoms with Crippen LogP contribution in [0.25, 0.3) is 0 Å². The van der Waals surface area contributed by atoms with E-state index < -0.39 is 6.10 Å². The number of benzene rings is 2. The molecule has 5 heteroatoms. The van der Waals surface area contributed by atoms with Gasteiger partial charge in [-0.05, 0) is 55.8 Å². The molecule has 1 aliphatic heterocycles. The van der Waals surface area contributed by atoms with Crippen LogP contribution in [0.15, 0.2) is 53.0 Å². The third-order valence-corrected chi connectivity index (χ3v) is 4.96. The molecule has 132 valence electrons. The van der Waals surface area contributed by atoms with E-state index in [0.717, 1.165) is 30.7 Å². The molecule has 1 aliphatic rings. The highest BCUT2D eigenvalue weighted by atomic mass is 79.9. The minimum atomic E-state index is -0.480. The molecule has 1 fully saturated rings. The predicted octanol–water partition coefficient (Wildman–Crippen LogP) is 3.87. The molecule has 0 bridgehead atoms. The highest BCUT2D eigenvalue weighted by molar-refractivity contribution is 9.10. The lowest BCUT2D eigenvalue weighted by atomic mass is 10.2. The van der Waals surface area contributed by atoms with Crippen molar-refractivity contribution in [3.05, 3.63) is 58.6 Å². The Hall–Kier alpha value is -2.01. The van der Waals surface area contributed by atoms with Gasteiger partial charge in [-0.25, -0.2) is 0 Å². The maximum atomic E-state index is 12.6. The summed E-state index contributed by atoms with van der Waals surface area (Å²) in [5, 5.41) is 0. The van der Waals surface area contributed by atoms with E-state index >= 15 is 0 Å². The topological polar surface area (TPSA) is 32.8 Å². The molecule has 1 unspecified atom stereocenters. The number of nitrogens with zero attached hydrogens (tertiary/aromatic N) is 2. The molecule has 1 amide bonds. The number of carbonyl (C=O) groups excluding carboxylic acids is 1. The summed E-state index contributed by atoms with van der Waals surface area (Å²) in [4.78, 5) is 16.9. The Labute approximate surface area is 157 Å². The smallest absolute Gasteiger partial charge is 0.263 e. The largest absolute Gasteiger partial charge is 0.481 e. The van der Waals surface area contributed by atoms with Crippen LogP contribution < -0.4 is 9.64 Å². The number of carbonyl (C=O) groups is 1. The molecule has 0 N–H and O–H groups in total. The van der Waals surface area contributed by atoms with Crippen LogP contribution in [-0.4, -0.2) is 43.1 Å². The summed E-state index contributed by atoms with van der Waals surface area (Å²) in [6, 6.07) is 16.1. The summed E-state index contributed by atoms with van der Waals surface area (Å²) in [5.74, 6) is 0.759. The molecule has 0 radical (unpaired) electrons. The first-order chi connectivity index (χ1) is 12.0. The first-order valence-electron chi connectivity index (χ1n) is 8.55. The Kier molecular flexibility index (Phi) is 5.63. The van der Waals surface area contributed by atoms with Crippen molar-refractivity contribution in [1.29, 1.82) is 0 Å². The van der Waals surface area contributed by atoms with Crippen LogP contribution in [0.2, 0.25) is 0 Å². The number of aryl methyl sites for hydroxylation is 1. The molecule has 2 aromatic rings. The van der Waals surface area contributed by atoms with Crippen LogP contribution in [0, 0.1) is 6.92 Å². The van der Waals surface area contributed by atoms with Crippen molar-refractivity contribution in [3.63, 3.8) is 0 Å². The molecule has 0 aliphatic carbocycles. The first-order valence-corrected chi connectivity index (χ1v) is 9.35. The van der Waals surface area contributed by atoms with Gasteiger partial charge in [0.2, 0.25) is 0 Å². The third-order valence-electron chi connectivity index (χ3n) is 4.43. The van der Waals surface area contributed by atoms with Crippen molar-refractivity contribution in [2.24, 2.45) is 0 Å². The fourth-order valence-corrected chi connectivity index (χ4v) is 3.30. The monoisotopic (exact) mass is 402 g/mol. The molecule has 3 rings (SSSR count). The lowest BCUT2D eigenvalue weighted by Crippen LogP contribution is -2.52. The second-order valence-corrected chi connectivity index (χ2v) is 7.28. The van der Waals surface area contributed by atoms with Crippen molar-refractivity contribution in [2.45, 2.75) is 20.0 Å². The van der Waals surface area contributed by atoms with Gasteiger partial charge < -0.3 is 14.5 Å². The van der Waals surface area contributed by atoms with E-state index in [1.54, 1.807) is 0 Å². The molecule has 4 nitrogen and oxygen atoms in total. The van der Waals surface area contributed by atoms with Gasteiger partial charge in [0, 0.05) is 36.3 Å². The summed E-state index contributed by atoms with van der Waals surface area (Å²) in [6.45, 7) is 7.06. The average molecular weight is 403 g/mol. The van der Waals surface area contributed by atoms with Crippen molar-refractivity contribution in [1.82, 2.24) is 4.90 Å². The Morgan fingerprint density at radius 2 is 1.76 bits per heavy atom. The maximum absolute atomic E-state index is 12.6. The normalized spacial score (nSPS) is 15.8. The second-order valence-electron chi connectivity index (χ2n) is 6.37. The molecule has 1 saturated heterocycles. The van der Waals surface area contributed by atoms with Crippen LogP contribution in [-0.2, 0) is 4.79 Å². The van der Waals surface area contributed by atoms with Crippen LogP contribution >= 0.6 is 15.9 Å². The first kappa shape index (κ1) is 17.8. The van der Waals surface area contributed by atoms with Gasteiger partial charge in [0.15, 0.2) is 6.10 Å². The van der Waals surface area contributed by atoms with Gasteiger partial charge in [0.1, 0.15) is 5.75 Å². The highest BCUT2D eigenvalue weighted by Crippen LogP contribution is 2.20. The van der Waals surface area contributed by atoms with E-state index in [2.05, 4.69) is 52.0 Å². The van der Waals surface area contributed by atoms with Crippen LogP contribution in [0.3, 0.4) is 0 Å². The molecule has 0 saturated carbocycles. The van der Waals surface area contributed by atoms with Crippen LogP contribution in [0.1, 0.15) is 12.5 Å². The molecule has 1 heterocycles. The fourth-order valence-electron chi connectivity index (χ4n) is 3.03. The predicted molar refractivity (Wildman–Crippen MR) is 104 cm³/mol. The SMILES string of the molecule is Cc1cccc(N2CCN(C(=O)C(C)Oc3ccc(Br)cc3)CC2)c1. The van der Waals surface area contributed by atoms with Crippen LogP contribution in [0.5, 0.6) is 5.75 Å². The Bertz CT molecular complexity index is 725. The molecule has 1 atom stereocenters. The number of ether oxygens (including phenoxy) is 1. The van der Waals surface area contributed by atoms with Gasteiger partial charge in [0.25, 0.3) is 5.91 Å². The van der Waals surface area contributed by atoms with Gasteiger partial charge in [-0.2, -0.15) is 0 Å². The lowest BCUT2D eigenvalue weighted by molar-refractivity contribution is -0.138. The number of hydrogen-bond acceptors (Lipinski definition) is 3. The van der Waals surface area contributed by atoms with Gasteiger partial charge in [0.05, 0.1) is 0 Å². The quantitative estimate of drug-likeness (QED) is 0.777. The van der Waals surface area contributed by atoms with Crippen molar-refractivity contribution >= 4 is 27.5 Å². The Balaban J connectivity index is 1.54. The Morgan fingerprint density at radius 3 is 2.40 bits per heavy atom. The number of anilines is 1. The molecule has 2 aromatic carbocycles. The van der Waals surface area contributed by atoms with E-state index in [9.17, 15) is 4.79 Å². The number of rotatable bonds is 4. The van der Waals surface area contributed by atoms with Crippen LogP contribution in [0.4, 0.5) is 5.69 Å². The van der Waals surface area contributed by atoms with Gasteiger partial charge in [-0.1, -0.05) is 28.1 Å². The molecule has 25 heavy (non-hydrogen) atoms. The Morgan fingerprint density at radius 1 is 1.08 bits per heavy atom. The zero-order valence-electron chi connectivity index (χ0n) is 14.6. The summed E-state index contributed by atoms with van der Waals surface area (Å²) in [5.41, 5.74) is 2.48. The number of halogens is 1. The summed E-state index contributed by atoms with van der Waals surface area (Å²) in [7, 11) is 0. The van der Waals surface area contributed by atoms with E-state index in [4.69, 9.17) is 4.74 Å². The second kappa shape index (κ2) is 7.91. The standard InChI is InChI=1S/C20H23BrN2O2/c1-15-4-3-5-18(14-15)22-10-12-23(13-11-22)20(24)16(2)25-19-8-6-17(21)7-9-19/h3-9,14,16H,10-13H2,1-2H3. The zero-order valence-corrected chi connectivity index (χ0v) is 16.2. The fraction of sp³-hybridized carbons (Fsp3) is 0.350. The van der Waals surface area contributed by atoms with Gasteiger partial charge in [-0.15, -0.1) is 0 Å². The molecular weight excluding hydrogens is 380 g/mol. The van der Waals surface area contributed by atoms with Gasteiger partial charge >= 0.3 is 0 Å². The number of hydrogen-bond donors (Lipinski definition) is 0. The molecule has 0 aromatic heterocycles. The molecule has 0 spiro atoms. The van der Waals surface area contributed by atoms with E-state index in [0.29, 0.717) is 5.75 Å². The lowest BCUT2D eigenvalue weighted by Gasteiger charge is -2.37. The number of amides is 1. The highest BCUT2D eigenvalue weighted by Gasteiger charge is 2.26. The van der Waals surface area contributed by atoms with Gasteiger partial charge in [-0.3, -0.25) is 4.79 Å². The summed E-state index contributed by atoms with van der Waals surface area (Å²) in [6.07, 6.45) is -0.480. The van der Waals surface area contributed by atoms with Crippen molar-refractivity contribution in [2.75, 3.05) is 31.1 Å². The minimum absolute atomic E-state index is 0.0480. The maximum Gasteiger partial charge on any atom is 0.263 e. The number of piperazine rings is 1. The van der Waals surface area contributed by atoms with Crippen molar-refractivity contribution < 1.29 is 9.53 Å². The third kappa shape index (κ3) is 4.54. The van der Waals surface area contributed by atoms with E-state index in [1.807, 2.05) is 36.1 Å². The average Bonchev–Trinajstić information content (AvgIpc) is 2.63. The van der Waals surface area contributed by atoms with E-state index in [-0.39, 0.29) is 5.91 Å². The zero-order chi connectivity index (χ0) is 17.8. The molecular formula is C20H23BrN2O2.